The number of halogens is 3. The van der Waals surface area contributed by atoms with Crippen LogP contribution in [0.25, 0.3) is 15.4 Å². The highest BCUT2D eigenvalue weighted by Gasteiger charge is 2.34. The molecule has 1 aromatic carbocycles. The first-order chi connectivity index (χ1) is 13.7. The Labute approximate surface area is 166 Å². The summed E-state index contributed by atoms with van der Waals surface area (Å²) in [6.45, 7) is 1.93. The van der Waals surface area contributed by atoms with E-state index in [0.29, 0.717) is 16.0 Å². The molecule has 29 heavy (non-hydrogen) atoms. The fraction of sp³-hybridized carbons (Fsp3) is 0.105. The van der Waals surface area contributed by atoms with E-state index in [2.05, 4.69) is 15.3 Å². The molecule has 0 saturated heterocycles. The van der Waals surface area contributed by atoms with Crippen LogP contribution in [0.5, 0.6) is 0 Å². The molecule has 4 rings (SSSR count). The second-order valence-electron chi connectivity index (χ2n) is 6.36. The maximum Gasteiger partial charge on any atom is 0.434 e. The molecular formula is C19H14F3N5OS. The lowest BCUT2D eigenvalue weighted by atomic mass is 10.1. The Morgan fingerprint density at radius 2 is 1.83 bits per heavy atom. The van der Waals surface area contributed by atoms with Gasteiger partial charge in [-0.2, -0.15) is 13.2 Å². The number of nitrogen functional groups attached to an aromatic ring is 1. The van der Waals surface area contributed by atoms with Crippen molar-refractivity contribution in [1.82, 2.24) is 14.4 Å². The number of amides is 1. The number of nitrogens with two attached hydrogens (primary N) is 1. The smallest absolute Gasteiger partial charge is 0.383 e. The van der Waals surface area contributed by atoms with Crippen LogP contribution in [0, 0.1) is 6.92 Å². The van der Waals surface area contributed by atoms with E-state index in [4.69, 9.17) is 5.73 Å². The number of hydrogen-bond acceptors (Lipinski definition) is 5. The normalized spacial score (nSPS) is 11.7. The van der Waals surface area contributed by atoms with E-state index in [1.165, 1.54) is 10.6 Å². The standard InChI is InChI=1S/C19H14F3N5OS/c1-10-2-4-11(5-3-10)17(28)26-15-7-6-12(16(23)25-15)13-8-27-9-14(19(20,21)22)24-18(27)29-13/h2-9H,1H3,(H3,23,25,26,28). The van der Waals surface area contributed by atoms with E-state index in [0.717, 1.165) is 23.1 Å². The van der Waals surface area contributed by atoms with Gasteiger partial charge in [0.25, 0.3) is 5.91 Å². The molecular weight excluding hydrogens is 403 g/mol. The minimum Gasteiger partial charge on any atom is -0.383 e. The fourth-order valence-corrected chi connectivity index (χ4v) is 3.70. The van der Waals surface area contributed by atoms with Gasteiger partial charge in [0, 0.05) is 23.5 Å². The molecule has 0 radical (unpaired) electrons. The number of imidazole rings is 1. The number of nitrogens with one attached hydrogen (secondary N) is 1. The van der Waals surface area contributed by atoms with Crippen molar-refractivity contribution in [3.8, 4) is 10.4 Å². The Bertz CT molecular complexity index is 1180. The molecule has 0 aliphatic heterocycles. The first-order valence-electron chi connectivity index (χ1n) is 8.41. The zero-order valence-corrected chi connectivity index (χ0v) is 15.8. The van der Waals surface area contributed by atoms with Crippen molar-refractivity contribution in [3.05, 3.63) is 65.6 Å². The molecule has 6 nitrogen and oxygen atoms in total. The molecule has 0 aliphatic carbocycles. The molecule has 4 aromatic rings. The summed E-state index contributed by atoms with van der Waals surface area (Å²) in [6, 6.07) is 10.3. The third kappa shape index (κ3) is 3.79. The predicted molar refractivity (Wildman–Crippen MR) is 105 cm³/mol. The number of aromatic nitrogens is 3. The van der Waals surface area contributed by atoms with Gasteiger partial charge in [0.1, 0.15) is 11.6 Å². The van der Waals surface area contributed by atoms with Crippen LogP contribution in [0.3, 0.4) is 0 Å². The molecule has 0 atom stereocenters. The molecule has 0 unspecified atom stereocenters. The molecule has 1 amide bonds. The number of carbonyl (C=O) groups is 1. The highest BCUT2D eigenvalue weighted by atomic mass is 32.1. The Balaban J connectivity index is 1.57. The van der Waals surface area contributed by atoms with Gasteiger partial charge in [0.15, 0.2) is 10.7 Å². The summed E-state index contributed by atoms with van der Waals surface area (Å²) in [4.78, 5) is 20.9. The Morgan fingerprint density at radius 3 is 2.45 bits per heavy atom. The van der Waals surface area contributed by atoms with Crippen LogP contribution < -0.4 is 11.1 Å². The van der Waals surface area contributed by atoms with Crippen molar-refractivity contribution >= 4 is 33.8 Å². The molecule has 0 bridgehead atoms. The van der Waals surface area contributed by atoms with Gasteiger partial charge in [0.05, 0.1) is 4.88 Å². The summed E-state index contributed by atoms with van der Waals surface area (Å²) in [5.74, 6) is 0.101. The zero-order chi connectivity index (χ0) is 20.8. The average molecular weight is 417 g/mol. The highest BCUT2D eigenvalue weighted by Crippen LogP contribution is 2.35. The maximum absolute atomic E-state index is 12.7. The number of hydrogen-bond donors (Lipinski definition) is 2. The van der Waals surface area contributed by atoms with Crippen LogP contribution in [0.4, 0.5) is 24.8 Å². The Kier molecular flexibility index (Phi) is 4.50. The van der Waals surface area contributed by atoms with Crippen LogP contribution in [-0.2, 0) is 6.18 Å². The van der Waals surface area contributed by atoms with Crippen LogP contribution >= 0.6 is 11.3 Å². The summed E-state index contributed by atoms with van der Waals surface area (Å²) >= 11 is 1.06. The second-order valence-corrected chi connectivity index (χ2v) is 7.37. The largest absolute Gasteiger partial charge is 0.434 e. The number of thiazole rings is 1. The zero-order valence-electron chi connectivity index (χ0n) is 15.0. The van der Waals surface area contributed by atoms with Crippen LogP contribution in [0.15, 0.2) is 48.8 Å². The molecule has 0 saturated carbocycles. The third-order valence-corrected chi connectivity index (χ3v) is 5.22. The number of carbonyl (C=O) groups excluding carboxylic acids is 1. The topological polar surface area (TPSA) is 85.3 Å². The summed E-state index contributed by atoms with van der Waals surface area (Å²) in [6.07, 6.45) is -2.06. The summed E-state index contributed by atoms with van der Waals surface area (Å²) < 4.78 is 39.5. The molecule has 0 spiro atoms. The van der Waals surface area contributed by atoms with Crippen molar-refractivity contribution in [2.24, 2.45) is 0 Å². The van der Waals surface area contributed by atoms with Gasteiger partial charge < -0.3 is 11.1 Å². The molecule has 3 heterocycles. The molecule has 0 fully saturated rings. The predicted octanol–water partition coefficient (Wildman–Crippen LogP) is 4.62. The lowest BCUT2D eigenvalue weighted by Gasteiger charge is -2.08. The van der Waals surface area contributed by atoms with Crippen LogP contribution in [0.2, 0.25) is 0 Å². The first kappa shape index (κ1) is 18.9. The number of benzene rings is 1. The van der Waals surface area contributed by atoms with E-state index >= 15 is 0 Å². The van der Waals surface area contributed by atoms with Gasteiger partial charge in [-0.25, -0.2) is 9.97 Å². The fourth-order valence-electron chi connectivity index (χ4n) is 2.70. The molecule has 3 aromatic heterocycles. The molecule has 3 N–H and O–H groups in total. The van der Waals surface area contributed by atoms with Crippen LogP contribution in [-0.4, -0.2) is 20.3 Å². The number of rotatable bonds is 3. The van der Waals surface area contributed by atoms with E-state index < -0.39 is 11.9 Å². The number of fused-ring (bicyclic) bond motifs is 1. The molecule has 0 aliphatic rings. The monoisotopic (exact) mass is 417 g/mol. The van der Waals surface area contributed by atoms with Crippen molar-refractivity contribution in [2.75, 3.05) is 11.1 Å². The highest BCUT2D eigenvalue weighted by molar-refractivity contribution is 7.20. The number of nitrogens with zero attached hydrogens (tertiary/aromatic N) is 3. The molecule has 10 heteroatoms. The second kappa shape index (κ2) is 6.89. The van der Waals surface area contributed by atoms with Crippen LogP contribution in [0.1, 0.15) is 21.6 Å². The van der Waals surface area contributed by atoms with Crippen molar-refractivity contribution in [2.45, 2.75) is 13.1 Å². The minimum absolute atomic E-state index is 0.146. The lowest BCUT2D eigenvalue weighted by molar-refractivity contribution is -0.140. The van der Waals surface area contributed by atoms with Gasteiger partial charge >= 0.3 is 6.18 Å². The van der Waals surface area contributed by atoms with Gasteiger partial charge in [-0.05, 0) is 31.2 Å². The van der Waals surface area contributed by atoms with E-state index in [1.807, 2.05) is 19.1 Å². The van der Waals surface area contributed by atoms with Gasteiger partial charge in [0.2, 0.25) is 0 Å². The van der Waals surface area contributed by atoms with Gasteiger partial charge in [-0.15, -0.1) is 0 Å². The first-order valence-corrected chi connectivity index (χ1v) is 9.23. The van der Waals surface area contributed by atoms with E-state index in [1.54, 1.807) is 24.3 Å². The van der Waals surface area contributed by atoms with Crippen molar-refractivity contribution < 1.29 is 18.0 Å². The lowest BCUT2D eigenvalue weighted by Crippen LogP contribution is -2.13. The summed E-state index contributed by atoms with van der Waals surface area (Å²) in [5.41, 5.74) is 7.13. The number of aryl methyl sites for hydroxylation is 1. The Morgan fingerprint density at radius 1 is 1.10 bits per heavy atom. The SMILES string of the molecule is Cc1ccc(C(=O)Nc2ccc(-c3cn4cc(C(F)(F)F)nc4s3)c(N)n2)cc1. The third-order valence-electron chi connectivity index (χ3n) is 4.19. The summed E-state index contributed by atoms with van der Waals surface area (Å²) in [7, 11) is 0. The molecule has 148 valence electrons. The Hall–Kier alpha value is -3.40. The minimum atomic E-state index is -4.50. The van der Waals surface area contributed by atoms with Crippen molar-refractivity contribution in [1.29, 1.82) is 0 Å². The number of alkyl halides is 3. The van der Waals surface area contributed by atoms with Gasteiger partial charge in [-0.3, -0.25) is 9.20 Å². The van der Waals surface area contributed by atoms with E-state index in [9.17, 15) is 18.0 Å². The van der Waals surface area contributed by atoms with Crippen molar-refractivity contribution in [3.63, 3.8) is 0 Å². The summed E-state index contributed by atoms with van der Waals surface area (Å²) in [5, 5.41) is 2.67. The quantitative estimate of drug-likeness (QED) is 0.509. The maximum atomic E-state index is 12.7. The number of anilines is 2. The number of pyridine rings is 1. The van der Waals surface area contributed by atoms with Gasteiger partial charge in [-0.1, -0.05) is 29.0 Å². The van der Waals surface area contributed by atoms with E-state index in [-0.39, 0.29) is 22.5 Å². The average Bonchev–Trinajstić information content (AvgIpc) is 3.21.